The van der Waals surface area contributed by atoms with Gasteiger partial charge in [-0.2, -0.15) is 5.10 Å². The summed E-state index contributed by atoms with van der Waals surface area (Å²) in [7, 11) is 0. The number of hydrogen-bond acceptors (Lipinski definition) is 5. The molecule has 0 radical (unpaired) electrons. The number of ether oxygens (including phenoxy) is 2. The van der Waals surface area contributed by atoms with Crippen LogP contribution in [0.1, 0.15) is 36.5 Å². The van der Waals surface area contributed by atoms with Crippen LogP contribution in [-0.2, 0) is 0 Å². The number of aromatic nitrogens is 3. The summed E-state index contributed by atoms with van der Waals surface area (Å²) in [5.74, 6) is 1.74. The Balaban J connectivity index is 1.69. The average molecular weight is 433 g/mol. The van der Waals surface area contributed by atoms with Crippen LogP contribution in [0.15, 0.2) is 48.1 Å². The number of hydrogen-bond donors (Lipinski definition) is 0. The Labute approximate surface area is 180 Å². The third-order valence-corrected chi connectivity index (χ3v) is 4.65. The van der Waals surface area contributed by atoms with Gasteiger partial charge in [0.1, 0.15) is 37.4 Å². The van der Waals surface area contributed by atoms with Crippen molar-refractivity contribution >= 4 is 29.4 Å². The third-order valence-electron chi connectivity index (χ3n) is 4.15. The van der Waals surface area contributed by atoms with E-state index in [2.05, 4.69) is 41.3 Å². The van der Waals surface area contributed by atoms with E-state index in [-0.39, 0.29) is 0 Å². The van der Waals surface area contributed by atoms with Crippen molar-refractivity contribution in [3.8, 4) is 11.5 Å². The zero-order valence-electron chi connectivity index (χ0n) is 16.5. The SMILES string of the molecule is Cc1ccc(C(C)C)c(OCCOc2c(Cl)cc(Cl)cc2/C=N\n2cnnc2)c1. The maximum absolute atomic E-state index is 6.34. The van der Waals surface area contributed by atoms with Crippen LogP contribution in [0.5, 0.6) is 11.5 Å². The second kappa shape index (κ2) is 9.76. The van der Waals surface area contributed by atoms with Gasteiger partial charge in [0.25, 0.3) is 0 Å². The van der Waals surface area contributed by atoms with Gasteiger partial charge >= 0.3 is 0 Å². The van der Waals surface area contributed by atoms with E-state index >= 15 is 0 Å². The molecule has 29 heavy (non-hydrogen) atoms. The highest BCUT2D eigenvalue weighted by Gasteiger charge is 2.11. The smallest absolute Gasteiger partial charge is 0.147 e. The molecular weight excluding hydrogens is 411 g/mol. The fourth-order valence-corrected chi connectivity index (χ4v) is 3.31. The van der Waals surface area contributed by atoms with E-state index in [0.717, 1.165) is 11.3 Å². The first kappa shape index (κ1) is 21.1. The maximum atomic E-state index is 6.34. The number of halogens is 2. The molecule has 152 valence electrons. The Morgan fingerprint density at radius 3 is 2.52 bits per heavy atom. The van der Waals surface area contributed by atoms with E-state index in [4.69, 9.17) is 32.7 Å². The van der Waals surface area contributed by atoms with Gasteiger partial charge in [0.2, 0.25) is 0 Å². The van der Waals surface area contributed by atoms with Crippen LogP contribution in [0.2, 0.25) is 10.0 Å². The van der Waals surface area contributed by atoms with E-state index in [1.165, 1.54) is 22.9 Å². The van der Waals surface area contributed by atoms with Gasteiger partial charge in [-0.05, 0) is 42.2 Å². The van der Waals surface area contributed by atoms with E-state index in [1.807, 2.05) is 13.0 Å². The van der Waals surface area contributed by atoms with Crippen LogP contribution in [0.25, 0.3) is 0 Å². The highest BCUT2D eigenvalue weighted by atomic mass is 35.5. The third kappa shape index (κ3) is 5.71. The van der Waals surface area contributed by atoms with E-state index in [1.54, 1.807) is 18.3 Å². The Morgan fingerprint density at radius 2 is 1.79 bits per heavy atom. The van der Waals surface area contributed by atoms with Gasteiger partial charge < -0.3 is 9.47 Å². The maximum Gasteiger partial charge on any atom is 0.147 e. The molecule has 0 N–H and O–H groups in total. The number of nitrogens with zero attached hydrogens (tertiary/aromatic N) is 4. The quantitative estimate of drug-likeness (QED) is 0.355. The summed E-state index contributed by atoms with van der Waals surface area (Å²) in [6, 6.07) is 9.60. The molecule has 2 aromatic carbocycles. The highest BCUT2D eigenvalue weighted by molar-refractivity contribution is 6.36. The fourth-order valence-electron chi connectivity index (χ4n) is 2.75. The van der Waals surface area contributed by atoms with E-state index < -0.39 is 0 Å². The van der Waals surface area contributed by atoms with Crippen LogP contribution in [-0.4, -0.2) is 34.3 Å². The van der Waals surface area contributed by atoms with Gasteiger partial charge in [-0.25, -0.2) is 4.68 Å². The minimum absolute atomic E-state index is 0.320. The van der Waals surface area contributed by atoms with Gasteiger partial charge in [0.15, 0.2) is 0 Å². The second-order valence-corrected chi connectivity index (χ2v) is 7.63. The van der Waals surface area contributed by atoms with E-state index in [9.17, 15) is 0 Å². The lowest BCUT2D eigenvalue weighted by atomic mass is 10.0. The first-order chi connectivity index (χ1) is 13.9. The molecule has 0 saturated heterocycles. The van der Waals surface area contributed by atoms with Gasteiger partial charge in [0, 0.05) is 10.6 Å². The largest absolute Gasteiger partial charge is 0.490 e. The van der Waals surface area contributed by atoms with Crippen molar-refractivity contribution in [1.82, 2.24) is 14.9 Å². The number of benzene rings is 2. The van der Waals surface area contributed by atoms with Crippen molar-refractivity contribution in [2.75, 3.05) is 13.2 Å². The molecule has 1 heterocycles. The Hall–Kier alpha value is -2.57. The summed E-state index contributed by atoms with van der Waals surface area (Å²) in [6.07, 6.45) is 4.55. The predicted molar refractivity (Wildman–Crippen MR) is 116 cm³/mol. The van der Waals surface area contributed by atoms with Crippen molar-refractivity contribution in [3.63, 3.8) is 0 Å². The molecule has 8 heteroatoms. The van der Waals surface area contributed by atoms with Crippen molar-refractivity contribution in [3.05, 3.63) is 69.7 Å². The summed E-state index contributed by atoms with van der Waals surface area (Å²) >= 11 is 12.5. The zero-order chi connectivity index (χ0) is 20.8. The van der Waals surface area contributed by atoms with Crippen LogP contribution in [0.3, 0.4) is 0 Å². The monoisotopic (exact) mass is 432 g/mol. The van der Waals surface area contributed by atoms with Crippen molar-refractivity contribution in [2.45, 2.75) is 26.7 Å². The van der Waals surface area contributed by atoms with Crippen LogP contribution >= 0.6 is 23.2 Å². The lowest BCUT2D eigenvalue weighted by Crippen LogP contribution is -2.11. The zero-order valence-corrected chi connectivity index (χ0v) is 18.0. The lowest BCUT2D eigenvalue weighted by molar-refractivity contribution is 0.215. The lowest BCUT2D eigenvalue weighted by Gasteiger charge is -2.16. The molecule has 3 rings (SSSR count). The standard InChI is InChI=1S/C21H22Cl2N4O2/c1-14(2)18-5-4-15(3)8-20(18)28-6-7-29-21-16(9-17(22)10-19(21)23)11-26-27-12-24-25-13-27/h4-5,8-14H,6-7H2,1-3H3/b26-11-. The van der Waals surface area contributed by atoms with Gasteiger partial charge in [-0.15, -0.1) is 10.2 Å². The molecular formula is C21H22Cl2N4O2. The summed E-state index contributed by atoms with van der Waals surface area (Å²) in [5.41, 5.74) is 2.97. The van der Waals surface area contributed by atoms with E-state index in [0.29, 0.717) is 40.5 Å². The summed E-state index contributed by atoms with van der Waals surface area (Å²) < 4.78 is 13.3. The molecule has 0 atom stereocenters. The van der Waals surface area contributed by atoms with Crippen molar-refractivity contribution in [1.29, 1.82) is 0 Å². The van der Waals surface area contributed by atoms with Crippen LogP contribution in [0, 0.1) is 6.92 Å². The predicted octanol–water partition coefficient (Wildman–Crippen LogP) is 5.36. The second-order valence-electron chi connectivity index (χ2n) is 6.79. The number of rotatable bonds is 8. The van der Waals surface area contributed by atoms with Crippen LogP contribution < -0.4 is 9.47 Å². The van der Waals surface area contributed by atoms with Gasteiger partial charge in [-0.3, -0.25) is 0 Å². The molecule has 1 aromatic heterocycles. The van der Waals surface area contributed by atoms with Gasteiger partial charge in [-0.1, -0.05) is 49.2 Å². The fraction of sp³-hybridized carbons (Fsp3) is 0.286. The first-order valence-electron chi connectivity index (χ1n) is 9.18. The normalized spacial score (nSPS) is 11.4. The summed E-state index contributed by atoms with van der Waals surface area (Å²) in [6.45, 7) is 7.03. The molecule has 0 aliphatic carbocycles. The van der Waals surface area contributed by atoms with Gasteiger partial charge in [0.05, 0.1) is 11.2 Å². The summed E-state index contributed by atoms with van der Waals surface area (Å²) in [4.78, 5) is 0. The Morgan fingerprint density at radius 1 is 1.07 bits per heavy atom. The molecule has 0 amide bonds. The molecule has 0 spiro atoms. The van der Waals surface area contributed by atoms with Crippen molar-refractivity contribution < 1.29 is 9.47 Å². The first-order valence-corrected chi connectivity index (χ1v) is 9.94. The Kier molecular flexibility index (Phi) is 7.12. The minimum Gasteiger partial charge on any atom is -0.490 e. The molecule has 0 unspecified atom stereocenters. The average Bonchev–Trinajstić information content (AvgIpc) is 3.18. The molecule has 0 bridgehead atoms. The van der Waals surface area contributed by atoms with Crippen molar-refractivity contribution in [2.24, 2.45) is 5.10 Å². The highest BCUT2D eigenvalue weighted by Crippen LogP contribution is 2.32. The molecule has 0 aliphatic heterocycles. The minimum atomic E-state index is 0.320. The van der Waals surface area contributed by atoms with Crippen LogP contribution in [0.4, 0.5) is 0 Å². The number of aryl methyl sites for hydroxylation is 1. The Bertz CT molecular complexity index is 989. The topological polar surface area (TPSA) is 61.5 Å². The molecule has 0 aliphatic rings. The summed E-state index contributed by atoms with van der Waals surface area (Å²) in [5, 5.41) is 12.5. The molecule has 6 nitrogen and oxygen atoms in total. The molecule has 0 fully saturated rings. The molecule has 0 saturated carbocycles. The molecule has 3 aromatic rings.